The first-order valence-electron chi connectivity index (χ1n) is 6.60. The first-order chi connectivity index (χ1) is 8.17. The van der Waals surface area contributed by atoms with Crippen LogP contribution in [0.2, 0.25) is 0 Å². The van der Waals surface area contributed by atoms with Crippen molar-refractivity contribution in [3.05, 3.63) is 12.0 Å². The van der Waals surface area contributed by atoms with Gasteiger partial charge >= 0.3 is 0 Å². The number of rotatable bonds is 5. The van der Waals surface area contributed by atoms with Crippen LogP contribution in [0.4, 0.5) is 0 Å². The summed E-state index contributed by atoms with van der Waals surface area (Å²) in [6, 6.07) is 0.408. The molecule has 1 N–H and O–H groups in total. The first kappa shape index (κ1) is 12.1. The number of aromatic nitrogens is 4. The highest BCUT2D eigenvalue weighted by molar-refractivity contribution is 5.70. The Morgan fingerprint density at radius 3 is 2.76 bits per heavy atom. The Morgan fingerprint density at radius 2 is 2.12 bits per heavy atom. The van der Waals surface area contributed by atoms with Crippen LogP contribution in [0, 0.1) is 0 Å². The number of fused-ring (bicyclic) bond motifs is 1. The van der Waals surface area contributed by atoms with Gasteiger partial charge in [0.05, 0.1) is 12.2 Å². The van der Waals surface area contributed by atoms with Crippen LogP contribution in [0.1, 0.15) is 64.7 Å². The van der Waals surface area contributed by atoms with Gasteiger partial charge in [0.2, 0.25) is 0 Å². The molecule has 0 bridgehead atoms. The summed E-state index contributed by atoms with van der Waals surface area (Å²) in [6.45, 7) is 8.78. The van der Waals surface area contributed by atoms with Gasteiger partial charge < -0.3 is 4.98 Å². The van der Waals surface area contributed by atoms with Gasteiger partial charge in [-0.05, 0) is 19.8 Å². The molecule has 17 heavy (non-hydrogen) atoms. The molecule has 0 aliphatic heterocycles. The molecule has 2 atom stereocenters. The molecule has 2 aromatic rings. The average molecular weight is 234 g/mol. The van der Waals surface area contributed by atoms with Gasteiger partial charge in [-0.2, -0.15) is 5.10 Å². The second kappa shape index (κ2) is 4.90. The third-order valence-electron chi connectivity index (χ3n) is 3.46. The number of hydrogen-bond donors (Lipinski definition) is 1. The van der Waals surface area contributed by atoms with Crippen LogP contribution in [-0.4, -0.2) is 19.7 Å². The van der Waals surface area contributed by atoms with Gasteiger partial charge in [-0.25, -0.2) is 9.67 Å². The maximum atomic E-state index is 4.71. The van der Waals surface area contributed by atoms with E-state index in [0.717, 1.165) is 23.4 Å². The molecular formula is C13H22N4. The zero-order chi connectivity index (χ0) is 12.4. The topological polar surface area (TPSA) is 46.5 Å². The predicted octanol–water partition coefficient (Wildman–Crippen LogP) is 3.63. The molecule has 0 saturated heterocycles. The lowest BCUT2D eigenvalue weighted by Gasteiger charge is -2.09. The maximum Gasteiger partial charge on any atom is 0.176 e. The summed E-state index contributed by atoms with van der Waals surface area (Å²) in [7, 11) is 0. The molecule has 0 aromatic carbocycles. The fourth-order valence-electron chi connectivity index (χ4n) is 2.13. The molecule has 0 aliphatic rings. The van der Waals surface area contributed by atoms with Crippen LogP contribution < -0.4 is 0 Å². The summed E-state index contributed by atoms with van der Waals surface area (Å²) in [6.07, 6.45) is 5.32. The van der Waals surface area contributed by atoms with Crippen molar-refractivity contribution in [1.82, 2.24) is 19.7 Å². The minimum atomic E-state index is 0.408. The van der Waals surface area contributed by atoms with E-state index in [0.29, 0.717) is 12.0 Å². The summed E-state index contributed by atoms with van der Waals surface area (Å²) < 4.78 is 2.02. The van der Waals surface area contributed by atoms with Crippen molar-refractivity contribution in [3.8, 4) is 0 Å². The highest BCUT2D eigenvalue weighted by atomic mass is 15.3. The molecule has 0 radical (unpaired) electrons. The largest absolute Gasteiger partial charge is 0.339 e. The van der Waals surface area contributed by atoms with Crippen molar-refractivity contribution in [2.24, 2.45) is 0 Å². The summed E-state index contributed by atoms with van der Waals surface area (Å²) in [5.41, 5.74) is 2.06. The van der Waals surface area contributed by atoms with Crippen molar-refractivity contribution < 1.29 is 0 Å². The quantitative estimate of drug-likeness (QED) is 0.858. The van der Waals surface area contributed by atoms with E-state index in [4.69, 9.17) is 4.98 Å². The minimum Gasteiger partial charge on any atom is -0.339 e. The Labute approximate surface area is 102 Å². The van der Waals surface area contributed by atoms with Crippen molar-refractivity contribution in [1.29, 1.82) is 0 Å². The van der Waals surface area contributed by atoms with E-state index in [-0.39, 0.29) is 0 Å². The van der Waals surface area contributed by atoms with Crippen molar-refractivity contribution >= 4 is 11.2 Å². The van der Waals surface area contributed by atoms with E-state index in [1.807, 2.05) is 10.9 Å². The zero-order valence-corrected chi connectivity index (χ0v) is 11.2. The average Bonchev–Trinajstić information content (AvgIpc) is 2.87. The van der Waals surface area contributed by atoms with Crippen molar-refractivity contribution in [2.45, 2.75) is 58.9 Å². The molecule has 4 nitrogen and oxygen atoms in total. The third kappa shape index (κ3) is 2.21. The molecule has 0 amide bonds. The van der Waals surface area contributed by atoms with E-state index >= 15 is 0 Å². The fourth-order valence-corrected chi connectivity index (χ4v) is 2.13. The molecule has 0 saturated carbocycles. The van der Waals surface area contributed by atoms with E-state index in [2.05, 4.69) is 37.8 Å². The molecule has 2 heterocycles. The summed E-state index contributed by atoms with van der Waals surface area (Å²) in [4.78, 5) is 8.09. The van der Waals surface area contributed by atoms with Crippen LogP contribution in [0.15, 0.2) is 6.20 Å². The molecule has 0 aliphatic carbocycles. The normalized spacial score (nSPS) is 15.3. The standard InChI is InChI=1S/C13H22N4/c1-5-7-9(3)12-15-11-8-14-17(10(4)6-2)13(11)16-12/h8-10H,5-7H2,1-4H3,(H,15,16)/t9-,10+/m0/s1. The lowest BCUT2D eigenvalue weighted by atomic mass is 10.1. The van der Waals surface area contributed by atoms with E-state index in [1.165, 1.54) is 12.8 Å². The Hall–Kier alpha value is -1.32. The fraction of sp³-hybridized carbons (Fsp3) is 0.692. The molecule has 94 valence electrons. The van der Waals surface area contributed by atoms with Crippen molar-refractivity contribution in [3.63, 3.8) is 0 Å². The monoisotopic (exact) mass is 234 g/mol. The highest BCUT2D eigenvalue weighted by Gasteiger charge is 2.15. The Kier molecular flexibility index (Phi) is 3.50. The first-order valence-corrected chi connectivity index (χ1v) is 6.60. The van der Waals surface area contributed by atoms with Gasteiger partial charge in [-0.3, -0.25) is 0 Å². The van der Waals surface area contributed by atoms with E-state index < -0.39 is 0 Å². The van der Waals surface area contributed by atoms with Gasteiger partial charge in [0.1, 0.15) is 11.3 Å². The van der Waals surface area contributed by atoms with Crippen LogP contribution in [0.5, 0.6) is 0 Å². The number of hydrogen-bond acceptors (Lipinski definition) is 2. The highest BCUT2D eigenvalue weighted by Crippen LogP contribution is 2.23. The van der Waals surface area contributed by atoms with Crippen LogP contribution in [0.25, 0.3) is 11.2 Å². The van der Waals surface area contributed by atoms with Crippen LogP contribution >= 0.6 is 0 Å². The van der Waals surface area contributed by atoms with Gasteiger partial charge in [0.15, 0.2) is 5.65 Å². The Balaban J connectivity index is 2.34. The molecular weight excluding hydrogens is 212 g/mol. The second-order valence-electron chi connectivity index (χ2n) is 4.90. The Bertz CT molecular complexity index is 483. The number of imidazole rings is 1. The summed E-state index contributed by atoms with van der Waals surface area (Å²) >= 11 is 0. The van der Waals surface area contributed by atoms with E-state index in [1.54, 1.807) is 0 Å². The molecule has 4 heteroatoms. The smallest absolute Gasteiger partial charge is 0.176 e. The number of nitrogens with zero attached hydrogens (tertiary/aromatic N) is 3. The lowest BCUT2D eigenvalue weighted by Crippen LogP contribution is -2.06. The van der Waals surface area contributed by atoms with Crippen molar-refractivity contribution in [2.75, 3.05) is 0 Å². The molecule has 2 rings (SSSR count). The minimum absolute atomic E-state index is 0.408. The maximum absolute atomic E-state index is 4.71. The number of H-pyrrole nitrogens is 1. The second-order valence-corrected chi connectivity index (χ2v) is 4.90. The molecule has 2 aromatic heterocycles. The number of aromatic amines is 1. The third-order valence-corrected chi connectivity index (χ3v) is 3.46. The zero-order valence-electron chi connectivity index (χ0n) is 11.2. The van der Waals surface area contributed by atoms with Gasteiger partial charge in [0.25, 0.3) is 0 Å². The Morgan fingerprint density at radius 1 is 1.35 bits per heavy atom. The molecule has 0 spiro atoms. The number of nitrogens with one attached hydrogen (secondary N) is 1. The van der Waals surface area contributed by atoms with Gasteiger partial charge in [-0.15, -0.1) is 0 Å². The van der Waals surface area contributed by atoms with E-state index in [9.17, 15) is 0 Å². The molecule has 0 fully saturated rings. The SMILES string of the molecule is CCC[C@H](C)c1nc2c(cnn2[C@H](C)CC)[nH]1. The van der Waals surface area contributed by atoms with Gasteiger partial charge in [-0.1, -0.05) is 27.2 Å². The summed E-state index contributed by atoms with van der Waals surface area (Å²) in [5, 5.41) is 4.40. The van der Waals surface area contributed by atoms with Crippen LogP contribution in [0.3, 0.4) is 0 Å². The molecule has 0 unspecified atom stereocenters. The van der Waals surface area contributed by atoms with Crippen LogP contribution in [-0.2, 0) is 0 Å². The predicted molar refractivity (Wildman–Crippen MR) is 70.2 cm³/mol. The lowest BCUT2D eigenvalue weighted by molar-refractivity contribution is 0.489. The summed E-state index contributed by atoms with van der Waals surface area (Å²) in [5.74, 6) is 1.59. The van der Waals surface area contributed by atoms with Gasteiger partial charge in [0, 0.05) is 5.92 Å².